The first-order valence-corrected chi connectivity index (χ1v) is 7.32. The van der Waals surface area contributed by atoms with E-state index in [1.165, 1.54) is 5.57 Å². The second kappa shape index (κ2) is 11.2. The van der Waals surface area contributed by atoms with Gasteiger partial charge in [-0.15, -0.1) is 12.8 Å². The number of aliphatic carboxylic acids is 1. The fourth-order valence-electron chi connectivity index (χ4n) is 2.03. The number of rotatable bonds is 6. The maximum absolute atomic E-state index is 11.5. The summed E-state index contributed by atoms with van der Waals surface area (Å²) in [5, 5.41) is 8.42. The van der Waals surface area contributed by atoms with Gasteiger partial charge in [0.25, 0.3) is 0 Å². The van der Waals surface area contributed by atoms with Gasteiger partial charge in [0.1, 0.15) is 5.78 Å². The molecule has 0 saturated carbocycles. The van der Waals surface area contributed by atoms with Gasteiger partial charge in [-0.25, -0.2) is 23.3 Å². The molecule has 0 aliphatic heterocycles. The van der Waals surface area contributed by atoms with Crippen LogP contribution in [0, 0.1) is 18.1 Å². The van der Waals surface area contributed by atoms with E-state index in [-0.39, 0.29) is 41.6 Å². The summed E-state index contributed by atoms with van der Waals surface area (Å²) in [6, 6.07) is 0. The molecule has 0 heterocycles. The summed E-state index contributed by atoms with van der Waals surface area (Å²) in [6.45, 7) is 3.94. The maximum Gasteiger partial charge on any atom is 2.00 e. The molecule has 2 aliphatic carbocycles. The molecule has 4 heteroatoms. The molecule has 3 nitrogen and oxygen atoms in total. The summed E-state index contributed by atoms with van der Waals surface area (Å²) in [5.41, 5.74) is 2.25. The fraction of sp³-hybridized carbons (Fsp3) is 0.444. The number of carboxylic acids is 1. The topological polar surface area (TPSA) is 54.4 Å². The molecule has 0 fully saturated rings. The molecule has 2 rings (SSSR count). The molecule has 1 unspecified atom stereocenters. The van der Waals surface area contributed by atoms with Gasteiger partial charge in [-0.1, -0.05) is 20.3 Å². The summed E-state index contributed by atoms with van der Waals surface area (Å²) >= 11 is 0. The van der Waals surface area contributed by atoms with Crippen molar-refractivity contribution in [3.63, 3.8) is 0 Å². The number of carboxylic acid groups (broad SMARTS) is 1. The quantitative estimate of drug-likeness (QED) is 0.590. The molecular formula is C18H22FeO3. The van der Waals surface area contributed by atoms with Gasteiger partial charge in [0.05, 0.1) is 6.42 Å². The first-order valence-electron chi connectivity index (χ1n) is 7.32. The Morgan fingerprint density at radius 3 is 2.23 bits per heavy atom. The largest absolute Gasteiger partial charge is 2.00 e. The van der Waals surface area contributed by atoms with E-state index in [1.807, 2.05) is 12.2 Å². The number of carbonyl (C=O) groups excluding carboxylic acids is 1. The van der Waals surface area contributed by atoms with E-state index in [0.717, 1.165) is 24.8 Å². The van der Waals surface area contributed by atoms with E-state index in [0.29, 0.717) is 0 Å². The summed E-state index contributed by atoms with van der Waals surface area (Å²) in [5.74, 6) is -1.17. The standard InChI is InChI=1S/C11H13O3.C7H9.Fe/c1-8(9-4-2-3-5-9)10(12)6-7-11(13)14;1-2-7-5-3-4-6-7;/h2,4,8H,3,6-7H2,1H3,(H,13,14);3,5H,2,4H2,1H3;/q2*-1;+2. The summed E-state index contributed by atoms with van der Waals surface area (Å²) in [6.07, 6.45) is 17.3. The Kier molecular flexibility index (Phi) is 10.5. The average molecular weight is 342 g/mol. The smallest absolute Gasteiger partial charge is 0.481 e. The Morgan fingerprint density at radius 2 is 1.82 bits per heavy atom. The van der Waals surface area contributed by atoms with Crippen molar-refractivity contribution in [1.82, 2.24) is 0 Å². The zero-order valence-corrected chi connectivity index (χ0v) is 14.1. The van der Waals surface area contributed by atoms with Crippen molar-refractivity contribution in [2.45, 2.75) is 46.0 Å². The Balaban J connectivity index is 0.000000465. The monoisotopic (exact) mass is 342 g/mol. The van der Waals surface area contributed by atoms with Crippen molar-refractivity contribution in [2.75, 3.05) is 0 Å². The fourth-order valence-corrected chi connectivity index (χ4v) is 2.03. The third kappa shape index (κ3) is 7.58. The molecule has 2 aliphatic rings. The van der Waals surface area contributed by atoms with Gasteiger partial charge in [0.2, 0.25) is 0 Å². The number of carbonyl (C=O) groups is 2. The SMILES string of the molecule is CC(C(=O)CCC(=O)O)C1=[C-]CC=C1.CCC1=[C-]CC=C1.[Fe+2]. The van der Waals surface area contributed by atoms with Crippen molar-refractivity contribution in [3.05, 3.63) is 47.6 Å². The van der Waals surface area contributed by atoms with E-state index in [4.69, 9.17) is 5.11 Å². The maximum atomic E-state index is 11.5. The van der Waals surface area contributed by atoms with E-state index in [1.54, 1.807) is 6.92 Å². The van der Waals surface area contributed by atoms with E-state index >= 15 is 0 Å². The third-order valence-electron chi connectivity index (χ3n) is 3.40. The number of hydrogen-bond acceptors (Lipinski definition) is 2. The van der Waals surface area contributed by atoms with E-state index in [2.05, 4.69) is 31.2 Å². The Hall–Kier alpha value is -1.38. The van der Waals surface area contributed by atoms with Crippen LogP contribution in [0.5, 0.6) is 0 Å². The molecule has 0 amide bonds. The van der Waals surface area contributed by atoms with Gasteiger partial charge in [-0.05, 0) is 0 Å². The molecule has 120 valence electrons. The minimum atomic E-state index is -0.925. The predicted molar refractivity (Wildman–Crippen MR) is 82.4 cm³/mol. The van der Waals surface area contributed by atoms with Crippen molar-refractivity contribution in [2.24, 2.45) is 5.92 Å². The minimum absolute atomic E-state index is 0. The van der Waals surface area contributed by atoms with Crippen molar-refractivity contribution >= 4 is 11.8 Å². The number of Topliss-reactive ketones (excluding diaryl/α,β-unsaturated/α-hetero) is 1. The molecule has 1 atom stereocenters. The summed E-state index contributed by atoms with van der Waals surface area (Å²) in [7, 11) is 0. The van der Waals surface area contributed by atoms with E-state index < -0.39 is 5.97 Å². The van der Waals surface area contributed by atoms with Gasteiger partial charge < -0.3 is 5.11 Å². The van der Waals surface area contributed by atoms with Crippen LogP contribution in [-0.2, 0) is 26.7 Å². The van der Waals surface area contributed by atoms with Gasteiger partial charge in [0.15, 0.2) is 0 Å². The molecule has 0 aromatic heterocycles. The molecule has 0 spiro atoms. The normalized spacial score (nSPS) is 16.1. The molecule has 0 aromatic carbocycles. The van der Waals surface area contributed by atoms with Crippen LogP contribution in [0.3, 0.4) is 0 Å². The Morgan fingerprint density at radius 1 is 1.18 bits per heavy atom. The Labute approximate surface area is 143 Å². The van der Waals surface area contributed by atoms with Gasteiger partial charge >= 0.3 is 23.0 Å². The van der Waals surface area contributed by atoms with Crippen molar-refractivity contribution in [1.29, 1.82) is 0 Å². The third-order valence-corrected chi connectivity index (χ3v) is 3.40. The molecule has 1 N–H and O–H groups in total. The molecule has 0 bridgehead atoms. The van der Waals surface area contributed by atoms with Crippen LogP contribution < -0.4 is 0 Å². The van der Waals surface area contributed by atoms with Crippen LogP contribution in [0.25, 0.3) is 0 Å². The Bertz CT molecular complexity index is 498. The second-order valence-corrected chi connectivity index (χ2v) is 4.98. The molecule has 0 saturated heterocycles. The number of ketones is 1. The first kappa shape index (κ1) is 20.6. The second-order valence-electron chi connectivity index (χ2n) is 4.98. The van der Waals surface area contributed by atoms with Crippen LogP contribution >= 0.6 is 0 Å². The van der Waals surface area contributed by atoms with Crippen LogP contribution in [0.2, 0.25) is 0 Å². The molecule has 0 radical (unpaired) electrons. The van der Waals surface area contributed by atoms with Gasteiger partial charge in [-0.2, -0.15) is 12.2 Å². The number of allylic oxidation sites excluding steroid dienone is 8. The zero-order valence-electron chi connectivity index (χ0n) is 13.0. The van der Waals surface area contributed by atoms with Gasteiger partial charge in [-0.3, -0.25) is 21.7 Å². The number of hydrogen-bond donors (Lipinski definition) is 1. The van der Waals surface area contributed by atoms with Crippen molar-refractivity contribution in [3.8, 4) is 0 Å². The summed E-state index contributed by atoms with van der Waals surface area (Å²) < 4.78 is 0. The van der Waals surface area contributed by atoms with E-state index in [9.17, 15) is 9.59 Å². The molecular weight excluding hydrogens is 320 g/mol. The van der Waals surface area contributed by atoms with Crippen LogP contribution in [0.15, 0.2) is 35.5 Å². The van der Waals surface area contributed by atoms with Crippen LogP contribution in [-0.4, -0.2) is 16.9 Å². The first-order chi connectivity index (χ1) is 10.0. The van der Waals surface area contributed by atoms with Gasteiger partial charge in [0, 0.05) is 12.3 Å². The minimum Gasteiger partial charge on any atom is -0.481 e. The average Bonchev–Trinajstić information content (AvgIpc) is 3.16. The summed E-state index contributed by atoms with van der Waals surface area (Å²) in [4.78, 5) is 21.7. The van der Waals surface area contributed by atoms with Crippen molar-refractivity contribution < 1.29 is 31.8 Å². The molecule has 22 heavy (non-hydrogen) atoms. The zero-order chi connectivity index (χ0) is 15.7. The van der Waals surface area contributed by atoms with Crippen LogP contribution in [0.4, 0.5) is 0 Å². The molecule has 0 aromatic rings. The predicted octanol–water partition coefficient (Wildman–Crippen LogP) is 3.83. The van der Waals surface area contributed by atoms with Crippen LogP contribution in [0.1, 0.15) is 46.0 Å².